The van der Waals surface area contributed by atoms with E-state index in [1.54, 1.807) is 18.2 Å². The minimum Gasteiger partial charge on any atom is -0.476 e. The van der Waals surface area contributed by atoms with E-state index in [2.05, 4.69) is 10.3 Å². The molecule has 0 aliphatic heterocycles. The van der Waals surface area contributed by atoms with Crippen LogP contribution in [-0.2, 0) is 6.42 Å². The minimum atomic E-state index is -1.15. The van der Waals surface area contributed by atoms with Gasteiger partial charge >= 0.3 is 5.97 Å². The molecule has 1 amide bonds. The molecule has 21 heavy (non-hydrogen) atoms. The molecule has 0 saturated heterocycles. The topological polar surface area (TPSA) is 79.3 Å². The number of nitrogens with zero attached hydrogens (tertiary/aromatic N) is 1. The zero-order valence-electron chi connectivity index (χ0n) is 10.6. The van der Waals surface area contributed by atoms with Crippen molar-refractivity contribution in [3.63, 3.8) is 0 Å². The van der Waals surface area contributed by atoms with Crippen LogP contribution in [0.1, 0.15) is 25.9 Å². The molecule has 2 aromatic rings. The summed E-state index contributed by atoms with van der Waals surface area (Å²) in [5, 5.41) is 14.0. The third-order valence-electron chi connectivity index (χ3n) is 2.61. The summed E-state index contributed by atoms with van der Waals surface area (Å²) in [7, 11) is 0. The van der Waals surface area contributed by atoms with Crippen molar-refractivity contribution in [2.45, 2.75) is 6.42 Å². The fraction of sp³-hybridized carbons (Fsp3) is 0.154. The molecule has 0 bridgehead atoms. The van der Waals surface area contributed by atoms with Crippen LogP contribution in [0.3, 0.4) is 0 Å². The van der Waals surface area contributed by atoms with Gasteiger partial charge in [0.2, 0.25) is 0 Å². The Kier molecular flexibility index (Phi) is 5.17. The van der Waals surface area contributed by atoms with Gasteiger partial charge < -0.3 is 10.4 Å². The van der Waals surface area contributed by atoms with E-state index in [0.717, 1.165) is 16.9 Å². The number of amides is 1. The third kappa shape index (κ3) is 4.17. The number of rotatable bonds is 5. The summed E-state index contributed by atoms with van der Waals surface area (Å²) in [5.41, 5.74) is 0.734. The number of benzene rings is 1. The summed E-state index contributed by atoms with van der Waals surface area (Å²) in [5.74, 6) is -1.56. The van der Waals surface area contributed by atoms with Crippen LogP contribution in [-0.4, -0.2) is 28.5 Å². The quantitative estimate of drug-likeness (QED) is 0.873. The maximum Gasteiger partial charge on any atom is 0.355 e. The molecule has 0 aliphatic carbocycles. The summed E-state index contributed by atoms with van der Waals surface area (Å²) in [6, 6.07) is 5.16. The van der Waals surface area contributed by atoms with Crippen molar-refractivity contribution in [1.82, 2.24) is 10.3 Å². The number of carboxylic acids is 1. The van der Waals surface area contributed by atoms with Crippen molar-refractivity contribution in [3.05, 3.63) is 49.9 Å². The number of hydrogen-bond acceptors (Lipinski definition) is 4. The first-order valence-electron chi connectivity index (χ1n) is 5.88. The highest BCUT2D eigenvalue weighted by molar-refractivity contribution is 7.11. The van der Waals surface area contributed by atoms with Crippen molar-refractivity contribution in [1.29, 1.82) is 0 Å². The fourth-order valence-corrected chi connectivity index (χ4v) is 2.80. The lowest BCUT2D eigenvalue weighted by Gasteiger charge is -2.05. The molecule has 110 valence electrons. The van der Waals surface area contributed by atoms with Gasteiger partial charge in [0.1, 0.15) is 0 Å². The molecule has 8 heteroatoms. The van der Waals surface area contributed by atoms with Crippen LogP contribution in [0.4, 0.5) is 0 Å². The number of nitrogens with one attached hydrogen (secondary N) is 1. The second-order valence-electron chi connectivity index (χ2n) is 4.08. The Labute approximate surface area is 134 Å². The van der Waals surface area contributed by atoms with Crippen molar-refractivity contribution < 1.29 is 14.7 Å². The number of carbonyl (C=O) groups excluding carboxylic acids is 1. The van der Waals surface area contributed by atoms with Crippen LogP contribution in [0.15, 0.2) is 23.6 Å². The average molecular weight is 345 g/mol. The van der Waals surface area contributed by atoms with Gasteiger partial charge in [-0.15, -0.1) is 11.3 Å². The zero-order valence-corrected chi connectivity index (χ0v) is 12.9. The Balaban J connectivity index is 1.90. The molecule has 0 radical (unpaired) electrons. The first-order valence-corrected chi connectivity index (χ1v) is 7.52. The van der Waals surface area contributed by atoms with Crippen LogP contribution in [0, 0.1) is 0 Å². The van der Waals surface area contributed by atoms with Gasteiger partial charge in [-0.25, -0.2) is 9.78 Å². The summed E-state index contributed by atoms with van der Waals surface area (Å²) >= 11 is 12.8. The van der Waals surface area contributed by atoms with E-state index in [0.29, 0.717) is 23.0 Å². The van der Waals surface area contributed by atoms with Gasteiger partial charge in [-0.2, -0.15) is 0 Å². The summed E-state index contributed by atoms with van der Waals surface area (Å²) in [6.07, 6.45) is 0.541. The first-order chi connectivity index (χ1) is 9.97. The minimum absolute atomic E-state index is 0.120. The molecule has 0 aliphatic rings. The van der Waals surface area contributed by atoms with Crippen LogP contribution in [0.5, 0.6) is 0 Å². The monoisotopic (exact) mass is 344 g/mol. The van der Waals surface area contributed by atoms with Gasteiger partial charge in [-0.1, -0.05) is 29.3 Å². The van der Waals surface area contributed by atoms with E-state index < -0.39 is 11.9 Å². The highest BCUT2D eigenvalue weighted by atomic mass is 35.5. The maximum absolute atomic E-state index is 11.8. The average Bonchev–Trinajstić information content (AvgIpc) is 2.91. The number of carbonyl (C=O) groups is 2. The van der Waals surface area contributed by atoms with Crippen molar-refractivity contribution in [2.24, 2.45) is 0 Å². The molecule has 2 N–H and O–H groups in total. The molecule has 1 heterocycles. The number of hydrogen-bond donors (Lipinski definition) is 2. The van der Waals surface area contributed by atoms with Gasteiger partial charge in [0.05, 0.1) is 0 Å². The van der Waals surface area contributed by atoms with Gasteiger partial charge in [-0.3, -0.25) is 4.79 Å². The SMILES string of the molecule is O=C(O)c1csc(C(=O)NCCc2ccc(Cl)cc2Cl)n1. The molecule has 0 saturated carbocycles. The molecule has 0 fully saturated rings. The van der Waals surface area contributed by atoms with Gasteiger partial charge in [0.25, 0.3) is 5.91 Å². The Morgan fingerprint density at radius 1 is 1.33 bits per heavy atom. The summed E-state index contributed by atoms with van der Waals surface area (Å²) in [6.45, 7) is 0.363. The van der Waals surface area contributed by atoms with E-state index in [-0.39, 0.29) is 10.7 Å². The van der Waals surface area contributed by atoms with Crippen LogP contribution < -0.4 is 5.32 Å². The molecule has 0 unspecified atom stereocenters. The van der Waals surface area contributed by atoms with Crippen LogP contribution >= 0.6 is 34.5 Å². The number of aromatic nitrogens is 1. The summed E-state index contributed by atoms with van der Waals surface area (Å²) < 4.78 is 0. The first kappa shape index (κ1) is 15.8. The van der Waals surface area contributed by atoms with E-state index in [4.69, 9.17) is 28.3 Å². The number of halogens is 2. The molecule has 2 rings (SSSR count). The van der Waals surface area contributed by atoms with Gasteiger partial charge in [-0.05, 0) is 24.1 Å². The second-order valence-corrected chi connectivity index (χ2v) is 5.79. The highest BCUT2D eigenvalue weighted by Gasteiger charge is 2.14. The lowest BCUT2D eigenvalue weighted by atomic mass is 10.1. The molecule has 0 spiro atoms. The number of carboxylic acid groups (broad SMARTS) is 1. The Morgan fingerprint density at radius 3 is 2.71 bits per heavy atom. The zero-order chi connectivity index (χ0) is 15.4. The third-order valence-corrected chi connectivity index (χ3v) is 4.04. The molecule has 1 aromatic carbocycles. The van der Waals surface area contributed by atoms with Gasteiger partial charge in [0.15, 0.2) is 10.7 Å². The predicted molar refractivity (Wildman–Crippen MR) is 81.6 cm³/mol. The van der Waals surface area contributed by atoms with E-state index in [1.807, 2.05) is 0 Å². The van der Waals surface area contributed by atoms with Crippen molar-refractivity contribution in [3.8, 4) is 0 Å². The number of thiazole rings is 1. The molecule has 1 aromatic heterocycles. The van der Waals surface area contributed by atoms with E-state index in [9.17, 15) is 9.59 Å². The maximum atomic E-state index is 11.8. The molecule has 5 nitrogen and oxygen atoms in total. The van der Waals surface area contributed by atoms with Crippen molar-refractivity contribution in [2.75, 3.05) is 6.54 Å². The van der Waals surface area contributed by atoms with Gasteiger partial charge in [0, 0.05) is 22.0 Å². The van der Waals surface area contributed by atoms with Crippen LogP contribution in [0.2, 0.25) is 10.0 Å². The second kappa shape index (κ2) is 6.89. The lowest BCUT2D eigenvalue weighted by Crippen LogP contribution is -2.25. The Morgan fingerprint density at radius 2 is 2.10 bits per heavy atom. The van der Waals surface area contributed by atoms with Crippen molar-refractivity contribution >= 4 is 46.4 Å². The molecular formula is C13H10Cl2N2O3S. The lowest BCUT2D eigenvalue weighted by molar-refractivity contribution is 0.0691. The molecular weight excluding hydrogens is 335 g/mol. The van der Waals surface area contributed by atoms with E-state index >= 15 is 0 Å². The van der Waals surface area contributed by atoms with Crippen LogP contribution in [0.25, 0.3) is 0 Å². The highest BCUT2D eigenvalue weighted by Crippen LogP contribution is 2.21. The largest absolute Gasteiger partial charge is 0.476 e. The fourth-order valence-electron chi connectivity index (χ4n) is 1.59. The standard InChI is InChI=1S/C13H10Cl2N2O3S/c14-8-2-1-7(9(15)5-8)3-4-16-11(18)12-17-10(6-21-12)13(19)20/h1-2,5-6H,3-4H2,(H,16,18)(H,19,20). The smallest absolute Gasteiger partial charge is 0.355 e. The normalized spacial score (nSPS) is 10.4. The summed E-state index contributed by atoms with van der Waals surface area (Å²) in [4.78, 5) is 26.2. The van der Waals surface area contributed by atoms with E-state index in [1.165, 1.54) is 5.38 Å². The Hall–Kier alpha value is -1.63. The molecule has 0 atom stereocenters. The predicted octanol–water partition coefficient (Wildman–Crippen LogP) is 3.12. The number of aromatic carboxylic acids is 1. The Bertz CT molecular complexity index is 688.